The van der Waals surface area contributed by atoms with Gasteiger partial charge >= 0.3 is 0 Å². The van der Waals surface area contributed by atoms with Crippen LogP contribution in [0.1, 0.15) is 9.67 Å². The molecule has 9 heteroatoms. The number of sulfonamides is 1. The molecule has 0 unspecified atom stereocenters. The second-order valence-corrected chi connectivity index (χ2v) is 9.53. The first kappa shape index (κ1) is 19.0. The third kappa shape index (κ3) is 3.81. The molecule has 0 bridgehead atoms. The van der Waals surface area contributed by atoms with Gasteiger partial charge in [-0.15, -0.1) is 11.3 Å². The number of amides is 1. The molecule has 1 N–H and O–H groups in total. The van der Waals surface area contributed by atoms with Crippen LogP contribution in [0.5, 0.6) is 0 Å². The highest BCUT2D eigenvalue weighted by Crippen LogP contribution is 2.33. The Kier molecular flexibility index (Phi) is 5.16. The summed E-state index contributed by atoms with van der Waals surface area (Å²) in [5.74, 6) is -0.334. The van der Waals surface area contributed by atoms with Crippen LogP contribution in [0.2, 0.25) is 10.0 Å². The number of hydrogen-bond donors (Lipinski definition) is 1. The van der Waals surface area contributed by atoms with Crippen molar-refractivity contribution in [3.8, 4) is 0 Å². The molecule has 3 rings (SSSR count). The second kappa shape index (κ2) is 7.08. The third-order valence-electron chi connectivity index (χ3n) is 3.79. The number of nitrogens with one attached hydrogen (secondary N) is 1. The maximum absolute atomic E-state index is 12.5. The van der Waals surface area contributed by atoms with Crippen LogP contribution in [0, 0.1) is 0 Å². The standard InChI is InChI=1S/C17H14Cl2N2O3S2/c1-21(26(2,23)24)11-6-7-14-10(8-11)9-15(25-14)17(22)20-16-12(18)4-3-5-13(16)19/h3-9H,1-2H3,(H,20,22). The van der Waals surface area contributed by atoms with E-state index in [9.17, 15) is 13.2 Å². The van der Waals surface area contributed by atoms with E-state index in [-0.39, 0.29) is 5.91 Å². The normalized spacial score (nSPS) is 11.5. The zero-order chi connectivity index (χ0) is 19.1. The fraction of sp³-hybridized carbons (Fsp3) is 0.118. The van der Waals surface area contributed by atoms with Crippen molar-refractivity contribution in [2.24, 2.45) is 0 Å². The number of hydrogen-bond acceptors (Lipinski definition) is 4. The molecule has 0 spiro atoms. The highest BCUT2D eigenvalue weighted by molar-refractivity contribution is 7.92. The average molecular weight is 429 g/mol. The molecule has 0 aliphatic carbocycles. The van der Waals surface area contributed by atoms with E-state index in [0.717, 1.165) is 16.3 Å². The monoisotopic (exact) mass is 428 g/mol. The van der Waals surface area contributed by atoms with Gasteiger partial charge in [0.1, 0.15) is 0 Å². The minimum Gasteiger partial charge on any atom is -0.319 e. The summed E-state index contributed by atoms with van der Waals surface area (Å²) in [5, 5.41) is 4.20. The Morgan fingerprint density at radius 3 is 2.38 bits per heavy atom. The molecule has 26 heavy (non-hydrogen) atoms. The number of halogens is 2. The van der Waals surface area contributed by atoms with E-state index in [2.05, 4.69) is 5.32 Å². The molecule has 1 aromatic heterocycles. The topological polar surface area (TPSA) is 66.5 Å². The minimum absolute atomic E-state index is 0.334. The van der Waals surface area contributed by atoms with Crippen molar-refractivity contribution in [1.82, 2.24) is 0 Å². The predicted molar refractivity (Wildman–Crippen MR) is 109 cm³/mol. The van der Waals surface area contributed by atoms with Crippen molar-refractivity contribution in [2.45, 2.75) is 0 Å². The Morgan fingerprint density at radius 1 is 1.12 bits per heavy atom. The van der Waals surface area contributed by atoms with Crippen molar-refractivity contribution in [2.75, 3.05) is 22.9 Å². The molecule has 0 radical (unpaired) electrons. The van der Waals surface area contributed by atoms with Crippen LogP contribution >= 0.6 is 34.5 Å². The van der Waals surface area contributed by atoms with Crippen molar-refractivity contribution >= 4 is 71.9 Å². The summed E-state index contributed by atoms with van der Waals surface area (Å²) < 4.78 is 25.4. The molecule has 0 saturated carbocycles. The van der Waals surface area contributed by atoms with E-state index >= 15 is 0 Å². The lowest BCUT2D eigenvalue weighted by Crippen LogP contribution is -2.24. The SMILES string of the molecule is CN(c1ccc2sc(C(=O)Nc3c(Cl)cccc3Cl)cc2c1)S(C)(=O)=O. The van der Waals surface area contributed by atoms with Crippen LogP contribution in [-0.2, 0) is 10.0 Å². The summed E-state index contributed by atoms with van der Waals surface area (Å²) in [7, 11) is -1.87. The Labute approximate surface area is 165 Å². The quantitative estimate of drug-likeness (QED) is 0.645. The molecule has 136 valence electrons. The number of carbonyl (C=O) groups is 1. The van der Waals surface area contributed by atoms with E-state index in [1.807, 2.05) is 0 Å². The van der Waals surface area contributed by atoms with Gasteiger partial charge in [-0.3, -0.25) is 9.10 Å². The molecule has 0 saturated heterocycles. The van der Waals surface area contributed by atoms with Crippen LogP contribution in [0.25, 0.3) is 10.1 Å². The Morgan fingerprint density at radius 2 is 1.77 bits per heavy atom. The number of fused-ring (bicyclic) bond motifs is 1. The van der Waals surface area contributed by atoms with Crippen LogP contribution in [-0.4, -0.2) is 27.6 Å². The Hall–Kier alpha value is -1.80. The van der Waals surface area contributed by atoms with Gasteiger partial charge in [0, 0.05) is 11.7 Å². The van der Waals surface area contributed by atoms with Gasteiger partial charge in [0.05, 0.1) is 32.6 Å². The fourth-order valence-electron chi connectivity index (χ4n) is 2.32. The molecule has 5 nitrogen and oxygen atoms in total. The van der Waals surface area contributed by atoms with Gasteiger partial charge in [0.2, 0.25) is 10.0 Å². The lowest BCUT2D eigenvalue weighted by atomic mass is 10.2. The highest BCUT2D eigenvalue weighted by atomic mass is 35.5. The molecule has 2 aromatic carbocycles. The second-order valence-electron chi connectivity index (χ2n) is 5.61. The van der Waals surface area contributed by atoms with Crippen LogP contribution in [0.3, 0.4) is 0 Å². The van der Waals surface area contributed by atoms with Gasteiger partial charge in [-0.1, -0.05) is 29.3 Å². The lowest BCUT2D eigenvalue weighted by molar-refractivity contribution is 0.103. The number of nitrogens with zero attached hydrogens (tertiary/aromatic N) is 1. The minimum atomic E-state index is -3.36. The maximum atomic E-state index is 12.5. The van der Waals surface area contributed by atoms with Crippen molar-refractivity contribution < 1.29 is 13.2 Å². The molecule has 0 aliphatic heterocycles. The fourth-order valence-corrected chi connectivity index (χ4v) is 4.25. The van der Waals surface area contributed by atoms with E-state index in [0.29, 0.717) is 26.3 Å². The summed E-state index contributed by atoms with van der Waals surface area (Å²) >= 11 is 13.5. The summed E-state index contributed by atoms with van der Waals surface area (Å²) in [5.41, 5.74) is 0.884. The zero-order valence-corrected chi connectivity index (χ0v) is 16.9. The summed E-state index contributed by atoms with van der Waals surface area (Å²) in [4.78, 5) is 13.0. The number of rotatable bonds is 4. The Balaban J connectivity index is 1.93. The van der Waals surface area contributed by atoms with Crippen molar-refractivity contribution in [1.29, 1.82) is 0 Å². The molecular weight excluding hydrogens is 415 g/mol. The molecule has 1 amide bonds. The first-order chi connectivity index (χ1) is 12.2. The summed E-state index contributed by atoms with van der Waals surface area (Å²) in [6.45, 7) is 0. The number of anilines is 2. The van der Waals surface area contributed by atoms with Gasteiger partial charge in [0.15, 0.2) is 0 Å². The van der Waals surface area contributed by atoms with Crippen LogP contribution in [0.15, 0.2) is 42.5 Å². The first-order valence-electron chi connectivity index (χ1n) is 7.39. The molecule has 3 aromatic rings. The number of thiophene rings is 1. The largest absolute Gasteiger partial charge is 0.319 e. The van der Waals surface area contributed by atoms with E-state index in [1.165, 1.54) is 22.7 Å². The summed E-state index contributed by atoms with van der Waals surface area (Å²) in [6, 6.07) is 11.9. The van der Waals surface area contributed by atoms with Gasteiger partial charge in [-0.2, -0.15) is 0 Å². The predicted octanol–water partition coefficient (Wildman–Crippen LogP) is 4.86. The van der Waals surface area contributed by atoms with Crippen LogP contribution < -0.4 is 9.62 Å². The van der Waals surface area contributed by atoms with E-state index < -0.39 is 10.0 Å². The zero-order valence-electron chi connectivity index (χ0n) is 13.8. The van der Waals surface area contributed by atoms with E-state index in [4.69, 9.17) is 23.2 Å². The number of benzene rings is 2. The number of para-hydroxylation sites is 1. The van der Waals surface area contributed by atoms with Crippen molar-refractivity contribution in [3.05, 3.63) is 57.4 Å². The summed E-state index contributed by atoms with van der Waals surface area (Å²) in [6.07, 6.45) is 1.14. The first-order valence-corrected chi connectivity index (χ1v) is 10.8. The molecule has 0 atom stereocenters. The van der Waals surface area contributed by atoms with Gasteiger partial charge < -0.3 is 5.32 Å². The third-order valence-corrected chi connectivity index (χ3v) is 6.74. The van der Waals surface area contributed by atoms with Crippen molar-refractivity contribution in [3.63, 3.8) is 0 Å². The molecule has 0 fully saturated rings. The van der Waals surface area contributed by atoms with Crippen LogP contribution in [0.4, 0.5) is 11.4 Å². The smallest absolute Gasteiger partial charge is 0.265 e. The molecule has 0 aliphatic rings. The van der Waals surface area contributed by atoms with Gasteiger partial charge in [-0.25, -0.2) is 8.42 Å². The molecule has 1 heterocycles. The van der Waals surface area contributed by atoms with E-state index in [1.54, 1.807) is 42.5 Å². The molecular formula is C17H14Cl2N2O3S2. The number of carbonyl (C=O) groups excluding carboxylic acids is 1. The lowest BCUT2D eigenvalue weighted by Gasteiger charge is -2.16. The maximum Gasteiger partial charge on any atom is 0.265 e. The Bertz CT molecular complexity index is 1090. The average Bonchev–Trinajstić information content (AvgIpc) is 3.00. The van der Waals surface area contributed by atoms with Gasteiger partial charge in [-0.05, 0) is 41.8 Å². The highest BCUT2D eigenvalue weighted by Gasteiger charge is 2.16. The van der Waals surface area contributed by atoms with Gasteiger partial charge in [0.25, 0.3) is 5.91 Å².